The van der Waals surface area contributed by atoms with Gasteiger partial charge in [0, 0.05) is 11.5 Å². The highest BCUT2D eigenvalue weighted by atomic mass is 35.5. The maximum absolute atomic E-state index is 10.6. The largest absolute Gasteiger partial charge is 0.388 e. The fraction of sp³-hybridized carbons (Fsp3) is 0.692. The molecule has 0 aliphatic carbocycles. The first-order valence-electron chi connectivity index (χ1n) is 5.95. The summed E-state index contributed by atoms with van der Waals surface area (Å²) < 4.78 is 7.17. The summed E-state index contributed by atoms with van der Waals surface area (Å²) in [5.74, 6) is 0.00988. The molecule has 2 unspecified atom stereocenters. The lowest BCUT2D eigenvalue weighted by Gasteiger charge is -2.30. The van der Waals surface area contributed by atoms with Crippen LogP contribution in [0.25, 0.3) is 0 Å². The van der Waals surface area contributed by atoms with Gasteiger partial charge in [-0.1, -0.05) is 23.2 Å². The first kappa shape index (κ1) is 14.6. The monoisotopic (exact) mass is 308 g/mol. The second-order valence-electron chi connectivity index (χ2n) is 6.00. The number of halogens is 2. The molecule has 0 saturated carbocycles. The van der Waals surface area contributed by atoms with Crippen molar-refractivity contribution in [1.29, 1.82) is 0 Å². The van der Waals surface area contributed by atoms with Crippen LogP contribution in [-0.2, 0) is 4.74 Å². The molecule has 18 heavy (non-hydrogen) atoms. The third kappa shape index (κ3) is 2.70. The van der Waals surface area contributed by atoms with Gasteiger partial charge in [-0.2, -0.15) is 0 Å². The van der Waals surface area contributed by atoms with Gasteiger partial charge in [0.05, 0.1) is 21.6 Å². The van der Waals surface area contributed by atoms with E-state index in [1.165, 1.54) is 11.3 Å². The summed E-state index contributed by atoms with van der Waals surface area (Å²) in [7, 11) is 0. The predicted octanol–water partition coefficient (Wildman–Crippen LogP) is 4.68. The van der Waals surface area contributed by atoms with Crippen molar-refractivity contribution in [2.24, 2.45) is 5.92 Å². The van der Waals surface area contributed by atoms with Crippen molar-refractivity contribution in [3.05, 3.63) is 20.3 Å². The van der Waals surface area contributed by atoms with Crippen LogP contribution >= 0.6 is 34.5 Å². The minimum Gasteiger partial charge on any atom is -0.388 e. The molecule has 1 aromatic rings. The van der Waals surface area contributed by atoms with Crippen molar-refractivity contribution < 1.29 is 9.84 Å². The number of hydrogen-bond donors (Lipinski definition) is 1. The van der Waals surface area contributed by atoms with Crippen molar-refractivity contribution in [2.75, 3.05) is 0 Å². The van der Waals surface area contributed by atoms with Crippen LogP contribution in [0.2, 0.25) is 8.67 Å². The van der Waals surface area contributed by atoms with Gasteiger partial charge in [0.15, 0.2) is 0 Å². The maximum atomic E-state index is 10.6. The molecule has 2 rings (SSSR count). The average molecular weight is 309 g/mol. The van der Waals surface area contributed by atoms with E-state index < -0.39 is 6.10 Å². The molecule has 2 heterocycles. The standard InChI is InChI=1S/C13H18Cl2O2S/c1-12(2)6-8(13(3,4)17-12)10(16)7-5-9(14)18-11(7)15/h5,8,10,16H,6H2,1-4H3. The van der Waals surface area contributed by atoms with E-state index >= 15 is 0 Å². The molecule has 0 amide bonds. The Labute approximate surface area is 122 Å². The predicted molar refractivity (Wildman–Crippen MR) is 76.6 cm³/mol. The van der Waals surface area contributed by atoms with Gasteiger partial charge >= 0.3 is 0 Å². The quantitative estimate of drug-likeness (QED) is 0.859. The molecule has 1 aromatic heterocycles. The molecule has 0 spiro atoms. The average Bonchev–Trinajstić information content (AvgIpc) is 2.61. The zero-order chi connectivity index (χ0) is 13.7. The first-order valence-corrected chi connectivity index (χ1v) is 7.52. The molecule has 0 aromatic carbocycles. The summed E-state index contributed by atoms with van der Waals surface area (Å²) in [5.41, 5.74) is 0.119. The van der Waals surface area contributed by atoms with Crippen molar-refractivity contribution in [1.82, 2.24) is 0 Å². The molecule has 1 fully saturated rings. The Morgan fingerprint density at radius 2 is 2.00 bits per heavy atom. The van der Waals surface area contributed by atoms with Crippen molar-refractivity contribution >= 4 is 34.5 Å². The summed E-state index contributed by atoms with van der Waals surface area (Å²) in [4.78, 5) is 0. The Morgan fingerprint density at radius 3 is 2.39 bits per heavy atom. The number of thiophene rings is 1. The van der Waals surface area contributed by atoms with E-state index in [2.05, 4.69) is 0 Å². The Hall–Kier alpha value is 0.200. The van der Waals surface area contributed by atoms with Gasteiger partial charge in [-0.05, 0) is 40.2 Å². The molecule has 1 N–H and O–H groups in total. The lowest BCUT2D eigenvalue weighted by Crippen LogP contribution is -2.32. The van der Waals surface area contributed by atoms with Gasteiger partial charge in [0.25, 0.3) is 0 Å². The SMILES string of the molecule is CC1(C)CC(C(O)c2cc(Cl)sc2Cl)C(C)(C)O1. The Morgan fingerprint density at radius 1 is 1.39 bits per heavy atom. The lowest BCUT2D eigenvalue weighted by molar-refractivity contribution is -0.0879. The minimum atomic E-state index is -0.641. The fourth-order valence-corrected chi connectivity index (χ4v) is 4.41. The number of aliphatic hydroxyl groups is 1. The van der Waals surface area contributed by atoms with E-state index in [9.17, 15) is 5.11 Å². The number of rotatable bonds is 2. The molecule has 2 atom stereocenters. The molecular weight excluding hydrogens is 291 g/mol. The van der Waals surface area contributed by atoms with Crippen LogP contribution in [0.1, 0.15) is 45.8 Å². The maximum Gasteiger partial charge on any atom is 0.100 e. The van der Waals surface area contributed by atoms with E-state index in [4.69, 9.17) is 27.9 Å². The number of ether oxygens (including phenoxy) is 1. The summed E-state index contributed by atoms with van der Waals surface area (Å²) >= 11 is 13.3. The lowest BCUT2D eigenvalue weighted by atomic mass is 9.81. The molecular formula is C13H18Cl2O2S. The third-order valence-corrected chi connectivity index (χ3v) is 5.04. The molecule has 0 radical (unpaired) electrons. The first-order chi connectivity index (χ1) is 8.12. The Bertz CT molecular complexity index is 454. The molecule has 0 bridgehead atoms. The van der Waals surface area contributed by atoms with Crippen LogP contribution in [0.4, 0.5) is 0 Å². The van der Waals surface area contributed by atoms with E-state index in [1.807, 2.05) is 27.7 Å². The second-order valence-corrected chi connectivity index (χ2v) is 8.29. The van der Waals surface area contributed by atoms with Gasteiger partial charge in [0.2, 0.25) is 0 Å². The van der Waals surface area contributed by atoms with Gasteiger partial charge in [-0.15, -0.1) is 11.3 Å². The number of aliphatic hydroxyl groups excluding tert-OH is 1. The molecule has 1 aliphatic rings. The highest BCUT2D eigenvalue weighted by molar-refractivity contribution is 7.20. The van der Waals surface area contributed by atoms with E-state index in [-0.39, 0.29) is 17.1 Å². The minimum absolute atomic E-state index is 0.00988. The van der Waals surface area contributed by atoms with Crippen molar-refractivity contribution in [3.63, 3.8) is 0 Å². The highest BCUT2D eigenvalue weighted by Crippen LogP contribution is 2.49. The summed E-state index contributed by atoms with van der Waals surface area (Å²) in [6.45, 7) is 8.11. The molecule has 2 nitrogen and oxygen atoms in total. The van der Waals surface area contributed by atoms with E-state index in [0.717, 1.165) is 6.42 Å². The van der Waals surface area contributed by atoms with Gasteiger partial charge in [-0.25, -0.2) is 0 Å². The molecule has 1 aliphatic heterocycles. The Kier molecular flexibility index (Phi) is 3.76. The van der Waals surface area contributed by atoms with Gasteiger partial charge < -0.3 is 9.84 Å². The van der Waals surface area contributed by atoms with Crippen molar-refractivity contribution in [3.8, 4) is 0 Å². The van der Waals surface area contributed by atoms with E-state index in [0.29, 0.717) is 14.2 Å². The summed E-state index contributed by atoms with van der Waals surface area (Å²) in [6.07, 6.45) is 0.156. The molecule has 1 saturated heterocycles. The van der Waals surface area contributed by atoms with Crippen LogP contribution in [0, 0.1) is 5.92 Å². The van der Waals surface area contributed by atoms with Crippen molar-refractivity contribution in [2.45, 2.75) is 51.4 Å². The van der Waals surface area contributed by atoms with Crippen LogP contribution in [0.15, 0.2) is 6.07 Å². The Balaban J connectivity index is 2.29. The normalized spacial score (nSPS) is 27.4. The van der Waals surface area contributed by atoms with Crippen LogP contribution in [-0.4, -0.2) is 16.3 Å². The van der Waals surface area contributed by atoms with Gasteiger partial charge in [-0.3, -0.25) is 0 Å². The fourth-order valence-electron chi connectivity index (χ4n) is 2.87. The smallest absolute Gasteiger partial charge is 0.100 e. The van der Waals surface area contributed by atoms with E-state index in [1.54, 1.807) is 6.07 Å². The van der Waals surface area contributed by atoms with Crippen LogP contribution < -0.4 is 0 Å². The number of hydrogen-bond acceptors (Lipinski definition) is 3. The van der Waals surface area contributed by atoms with Crippen LogP contribution in [0.3, 0.4) is 0 Å². The zero-order valence-corrected chi connectivity index (χ0v) is 13.3. The third-order valence-electron chi connectivity index (χ3n) is 3.53. The summed E-state index contributed by atoms with van der Waals surface area (Å²) in [6, 6.07) is 1.75. The van der Waals surface area contributed by atoms with Crippen LogP contribution in [0.5, 0.6) is 0 Å². The topological polar surface area (TPSA) is 29.5 Å². The van der Waals surface area contributed by atoms with Gasteiger partial charge in [0.1, 0.15) is 4.34 Å². The molecule has 102 valence electrons. The highest BCUT2D eigenvalue weighted by Gasteiger charge is 2.49. The second kappa shape index (κ2) is 4.64. The zero-order valence-electron chi connectivity index (χ0n) is 11.0. The summed E-state index contributed by atoms with van der Waals surface area (Å²) in [5, 5.41) is 10.6. The molecule has 5 heteroatoms.